The number of hydrogen-bond acceptors (Lipinski definition) is 4. The third-order valence-electron chi connectivity index (χ3n) is 3.70. The van der Waals surface area contributed by atoms with Crippen LogP contribution in [0.15, 0.2) is 24.5 Å². The first-order valence-electron chi connectivity index (χ1n) is 8.03. The molecule has 0 bridgehead atoms. The molecule has 0 aliphatic carbocycles. The zero-order valence-corrected chi connectivity index (χ0v) is 14.7. The fourth-order valence-corrected chi connectivity index (χ4v) is 2.39. The SMILES string of the molecule is Cc1cccc(C)c1OC[C@H](C)NC(=O)NCCc1ncnn1C. The number of nitrogens with one attached hydrogen (secondary N) is 2. The highest BCUT2D eigenvalue weighted by atomic mass is 16.5. The molecule has 2 amide bonds. The van der Waals surface area contributed by atoms with E-state index < -0.39 is 0 Å². The van der Waals surface area contributed by atoms with E-state index in [2.05, 4.69) is 20.7 Å². The van der Waals surface area contributed by atoms with Gasteiger partial charge in [-0.15, -0.1) is 0 Å². The van der Waals surface area contributed by atoms with Crippen molar-refractivity contribution in [2.75, 3.05) is 13.2 Å². The summed E-state index contributed by atoms with van der Waals surface area (Å²) in [5, 5.41) is 9.67. The number of aromatic nitrogens is 3. The molecular weight excluding hydrogens is 306 g/mol. The summed E-state index contributed by atoms with van der Waals surface area (Å²) in [4.78, 5) is 16.0. The van der Waals surface area contributed by atoms with Crippen LogP contribution in [0.4, 0.5) is 4.79 Å². The Hall–Kier alpha value is -2.57. The molecular formula is C17H25N5O2. The van der Waals surface area contributed by atoms with Gasteiger partial charge in [-0.3, -0.25) is 4.68 Å². The molecule has 7 heteroatoms. The minimum atomic E-state index is -0.213. The summed E-state index contributed by atoms with van der Waals surface area (Å²) in [6.07, 6.45) is 2.14. The molecule has 0 unspecified atom stereocenters. The van der Waals surface area contributed by atoms with Crippen molar-refractivity contribution in [3.63, 3.8) is 0 Å². The molecule has 130 valence electrons. The Balaban J connectivity index is 1.71. The molecule has 0 spiro atoms. The number of nitrogens with zero attached hydrogens (tertiary/aromatic N) is 3. The van der Waals surface area contributed by atoms with Gasteiger partial charge >= 0.3 is 6.03 Å². The van der Waals surface area contributed by atoms with Crippen LogP contribution in [0.3, 0.4) is 0 Å². The molecule has 1 aromatic carbocycles. The van der Waals surface area contributed by atoms with Gasteiger partial charge in [0.25, 0.3) is 0 Å². The Bertz CT molecular complexity index is 663. The highest BCUT2D eigenvalue weighted by Crippen LogP contribution is 2.22. The summed E-state index contributed by atoms with van der Waals surface area (Å²) in [6, 6.07) is 5.72. The summed E-state index contributed by atoms with van der Waals surface area (Å²) in [5.74, 6) is 1.72. The predicted molar refractivity (Wildman–Crippen MR) is 92.1 cm³/mol. The summed E-state index contributed by atoms with van der Waals surface area (Å²) in [6.45, 7) is 6.86. The highest BCUT2D eigenvalue weighted by Gasteiger charge is 2.10. The number of ether oxygens (including phenoxy) is 1. The van der Waals surface area contributed by atoms with Gasteiger partial charge in [-0.2, -0.15) is 5.10 Å². The number of aryl methyl sites for hydroxylation is 3. The van der Waals surface area contributed by atoms with Crippen molar-refractivity contribution in [3.05, 3.63) is 41.5 Å². The quantitative estimate of drug-likeness (QED) is 0.810. The zero-order valence-electron chi connectivity index (χ0n) is 14.7. The minimum absolute atomic E-state index is 0.0983. The maximum Gasteiger partial charge on any atom is 0.315 e. The molecule has 1 atom stereocenters. The number of benzene rings is 1. The van der Waals surface area contributed by atoms with Crippen LogP contribution >= 0.6 is 0 Å². The number of carbonyl (C=O) groups is 1. The van der Waals surface area contributed by atoms with Gasteiger partial charge in [-0.25, -0.2) is 9.78 Å². The molecule has 0 saturated carbocycles. The van der Waals surface area contributed by atoms with Gasteiger partial charge in [0.15, 0.2) is 0 Å². The van der Waals surface area contributed by atoms with E-state index >= 15 is 0 Å². The van der Waals surface area contributed by atoms with Crippen molar-refractivity contribution in [1.82, 2.24) is 25.4 Å². The van der Waals surface area contributed by atoms with Crippen molar-refractivity contribution in [2.45, 2.75) is 33.2 Å². The lowest BCUT2D eigenvalue weighted by Gasteiger charge is -2.17. The van der Waals surface area contributed by atoms with Crippen molar-refractivity contribution >= 4 is 6.03 Å². The Morgan fingerprint density at radius 1 is 1.33 bits per heavy atom. The van der Waals surface area contributed by atoms with Gasteiger partial charge in [0.05, 0.1) is 6.04 Å². The maximum atomic E-state index is 11.9. The molecule has 1 heterocycles. The van der Waals surface area contributed by atoms with Gasteiger partial charge in [0.1, 0.15) is 24.5 Å². The monoisotopic (exact) mass is 331 g/mol. The molecule has 1 aromatic heterocycles. The Morgan fingerprint density at radius 3 is 2.67 bits per heavy atom. The van der Waals surface area contributed by atoms with Crippen LogP contribution in [-0.4, -0.2) is 40.0 Å². The van der Waals surface area contributed by atoms with E-state index in [4.69, 9.17) is 4.74 Å². The smallest absolute Gasteiger partial charge is 0.315 e. The maximum absolute atomic E-state index is 11.9. The Kier molecular flexibility index (Phi) is 6.17. The van der Waals surface area contributed by atoms with E-state index in [-0.39, 0.29) is 12.1 Å². The van der Waals surface area contributed by atoms with E-state index in [1.807, 2.05) is 46.0 Å². The fraction of sp³-hybridized carbons (Fsp3) is 0.471. The molecule has 2 N–H and O–H groups in total. The summed E-state index contributed by atoms with van der Waals surface area (Å²) in [5.41, 5.74) is 2.19. The van der Waals surface area contributed by atoms with Gasteiger partial charge < -0.3 is 15.4 Å². The molecule has 0 aliphatic heterocycles. The fourth-order valence-electron chi connectivity index (χ4n) is 2.39. The Labute approximate surface area is 142 Å². The number of para-hydroxylation sites is 1. The third-order valence-corrected chi connectivity index (χ3v) is 3.70. The number of amides is 2. The molecule has 0 radical (unpaired) electrons. The topological polar surface area (TPSA) is 81.1 Å². The van der Waals surface area contributed by atoms with Crippen molar-refractivity contribution < 1.29 is 9.53 Å². The lowest BCUT2D eigenvalue weighted by molar-refractivity contribution is 0.226. The van der Waals surface area contributed by atoms with Crippen LogP contribution in [0.5, 0.6) is 5.75 Å². The van der Waals surface area contributed by atoms with Crippen LogP contribution in [0.2, 0.25) is 0 Å². The van der Waals surface area contributed by atoms with E-state index in [0.29, 0.717) is 19.6 Å². The molecule has 2 aromatic rings. The average Bonchev–Trinajstić information content (AvgIpc) is 2.92. The van der Waals surface area contributed by atoms with E-state index in [1.165, 1.54) is 6.33 Å². The lowest BCUT2D eigenvalue weighted by Crippen LogP contribution is -2.44. The summed E-state index contributed by atoms with van der Waals surface area (Å²) in [7, 11) is 1.83. The van der Waals surface area contributed by atoms with E-state index in [9.17, 15) is 4.79 Å². The normalized spacial score (nSPS) is 11.8. The lowest BCUT2D eigenvalue weighted by atomic mass is 10.1. The Morgan fingerprint density at radius 2 is 2.04 bits per heavy atom. The van der Waals surface area contributed by atoms with E-state index in [1.54, 1.807) is 4.68 Å². The number of rotatable bonds is 7. The summed E-state index contributed by atoms with van der Waals surface area (Å²) < 4.78 is 7.54. The number of carbonyl (C=O) groups excluding carboxylic acids is 1. The number of hydrogen-bond donors (Lipinski definition) is 2. The van der Waals surface area contributed by atoms with Crippen molar-refractivity contribution in [1.29, 1.82) is 0 Å². The third kappa shape index (κ3) is 4.97. The number of urea groups is 1. The molecule has 24 heavy (non-hydrogen) atoms. The molecule has 0 saturated heterocycles. The first-order valence-corrected chi connectivity index (χ1v) is 8.03. The summed E-state index contributed by atoms with van der Waals surface area (Å²) >= 11 is 0. The second-order valence-corrected chi connectivity index (χ2v) is 5.88. The average molecular weight is 331 g/mol. The standard InChI is InChI=1S/C17H25N5O2/c1-12-6-5-7-13(2)16(12)24-10-14(3)21-17(23)18-9-8-15-19-11-20-22(15)4/h5-7,11,14H,8-10H2,1-4H3,(H2,18,21,23)/t14-/m0/s1. The van der Waals surface area contributed by atoms with Gasteiger partial charge in [-0.05, 0) is 31.9 Å². The molecule has 2 rings (SSSR count). The van der Waals surface area contributed by atoms with Crippen LogP contribution in [-0.2, 0) is 13.5 Å². The molecule has 0 fully saturated rings. The van der Waals surface area contributed by atoms with Crippen LogP contribution in [0, 0.1) is 13.8 Å². The first kappa shape index (κ1) is 17.8. The second kappa shape index (κ2) is 8.33. The predicted octanol–water partition coefficient (Wildman–Crippen LogP) is 1.74. The van der Waals surface area contributed by atoms with Crippen LogP contribution < -0.4 is 15.4 Å². The highest BCUT2D eigenvalue weighted by molar-refractivity contribution is 5.74. The van der Waals surface area contributed by atoms with Crippen molar-refractivity contribution in [3.8, 4) is 5.75 Å². The van der Waals surface area contributed by atoms with Gasteiger partial charge in [0, 0.05) is 20.0 Å². The largest absolute Gasteiger partial charge is 0.491 e. The van der Waals surface area contributed by atoms with Gasteiger partial charge in [0.2, 0.25) is 0 Å². The minimum Gasteiger partial charge on any atom is -0.491 e. The molecule has 0 aliphatic rings. The zero-order chi connectivity index (χ0) is 17.5. The van der Waals surface area contributed by atoms with Crippen molar-refractivity contribution in [2.24, 2.45) is 7.05 Å². The van der Waals surface area contributed by atoms with Gasteiger partial charge in [-0.1, -0.05) is 18.2 Å². The van der Waals surface area contributed by atoms with Crippen LogP contribution in [0.1, 0.15) is 23.9 Å². The molecule has 7 nitrogen and oxygen atoms in total. The van der Waals surface area contributed by atoms with E-state index in [0.717, 1.165) is 22.7 Å². The van der Waals surface area contributed by atoms with Crippen LogP contribution in [0.25, 0.3) is 0 Å². The first-order chi connectivity index (χ1) is 11.5. The second-order valence-electron chi connectivity index (χ2n) is 5.88.